The molecule has 1 aliphatic rings. The fourth-order valence-corrected chi connectivity index (χ4v) is 3.34. The van der Waals surface area contributed by atoms with Crippen LogP contribution >= 0.6 is 23.4 Å². The van der Waals surface area contributed by atoms with Gasteiger partial charge >= 0.3 is 0 Å². The zero-order chi connectivity index (χ0) is 17.6. The van der Waals surface area contributed by atoms with E-state index in [0.717, 1.165) is 37.8 Å². The van der Waals surface area contributed by atoms with Crippen molar-refractivity contribution >= 4 is 35.1 Å². The standard InChI is InChI=1S/C16H20ClN5O2S/c1-21-4-6-22(7-5-21)14-9-13(17)19-16(20-14)25-11-15(23)18-10-12-3-2-8-24-12/h2-3,8-9H,4-7,10-11H2,1H3,(H,18,23). The normalized spacial score (nSPS) is 15.4. The third-order valence-corrected chi connectivity index (χ3v) is 4.90. The second-order valence-corrected chi connectivity index (χ2v) is 7.10. The summed E-state index contributed by atoms with van der Waals surface area (Å²) in [6, 6.07) is 5.37. The molecule has 9 heteroatoms. The lowest BCUT2D eigenvalue weighted by molar-refractivity contribution is -0.118. The van der Waals surface area contributed by atoms with Gasteiger partial charge in [0.05, 0.1) is 18.6 Å². The van der Waals surface area contributed by atoms with Crippen LogP contribution in [0.3, 0.4) is 0 Å². The van der Waals surface area contributed by atoms with Crippen molar-refractivity contribution in [3.63, 3.8) is 0 Å². The molecule has 2 aromatic rings. The Morgan fingerprint density at radius 2 is 2.16 bits per heavy atom. The van der Waals surface area contributed by atoms with Gasteiger partial charge in [-0.2, -0.15) is 0 Å². The number of carbonyl (C=O) groups excluding carboxylic acids is 1. The Kier molecular flexibility index (Phi) is 6.17. The average molecular weight is 382 g/mol. The molecule has 0 unspecified atom stereocenters. The first-order valence-electron chi connectivity index (χ1n) is 8.00. The molecular formula is C16H20ClN5O2S. The van der Waals surface area contributed by atoms with E-state index >= 15 is 0 Å². The van der Waals surface area contributed by atoms with E-state index in [1.165, 1.54) is 11.8 Å². The van der Waals surface area contributed by atoms with Crippen LogP contribution < -0.4 is 10.2 Å². The molecule has 3 heterocycles. The van der Waals surface area contributed by atoms with Crippen LogP contribution in [-0.2, 0) is 11.3 Å². The molecule has 0 saturated carbocycles. The molecule has 25 heavy (non-hydrogen) atoms. The van der Waals surface area contributed by atoms with Crippen LogP contribution in [0.25, 0.3) is 0 Å². The van der Waals surface area contributed by atoms with Gasteiger partial charge in [-0.05, 0) is 19.2 Å². The number of furan rings is 1. The number of carbonyl (C=O) groups is 1. The summed E-state index contributed by atoms with van der Waals surface area (Å²) in [5.74, 6) is 1.65. The minimum Gasteiger partial charge on any atom is -0.467 e. The molecular weight excluding hydrogens is 362 g/mol. The summed E-state index contributed by atoms with van der Waals surface area (Å²) < 4.78 is 5.18. The van der Waals surface area contributed by atoms with Gasteiger partial charge in [0, 0.05) is 32.2 Å². The van der Waals surface area contributed by atoms with Crippen LogP contribution in [0.4, 0.5) is 5.82 Å². The van der Waals surface area contributed by atoms with Crippen LogP contribution in [0.2, 0.25) is 5.15 Å². The molecule has 0 spiro atoms. The number of halogens is 1. The van der Waals surface area contributed by atoms with Crippen molar-refractivity contribution in [3.05, 3.63) is 35.4 Å². The first-order valence-corrected chi connectivity index (χ1v) is 9.36. The Morgan fingerprint density at radius 3 is 2.88 bits per heavy atom. The van der Waals surface area contributed by atoms with Gasteiger partial charge < -0.3 is 19.5 Å². The zero-order valence-corrected chi connectivity index (χ0v) is 15.5. The molecule has 0 atom stereocenters. The SMILES string of the molecule is CN1CCN(c2cc(Cl)nc(SCC(=O)NCc3ccco3)n2)CC1. The maximum atomic E-state index is 11.9. The highest BCUT2D eigenvalue weighted by Gasteiger charge is 2.17. The van der Waals surface area contributed by atoms with E-state index in [9.17, 15) is 4.79 Å². The van der Waals surface area contributed by atoms with Crippen molar-refractivity contribution in [2.75, 3.05) is 43.9 Å². The van der Waals surface area contributed by atoms with E-state index in [-0.39, 0.29) is 11.7 Å². The Labute approximate surface area is 155 Å². The number of amides is 1. The fraction of sp³-hybridized carbons (Fsp3) is 0.438. The number of anilines is 1. The lowest BCUT2D eigenvalue weighted by Gasteiger charge is -2.33. The van der Waals surface area contributed by atoms with E-state index in [2.05, 4.69) is 32.1 Å². The van der Waals surface area contributed by atoms with Crippen molar-refractivity contribution in [3.8, 4) is 0 Å². The number of piperazine rings is 1. The van der Waals surface area contributed by atoms with E-state index in [4.69, 9.17) is 16.0 Å². The van der Waals surface area contributed by atoms with Crippen LogP contribution in [0, 0.1) is 0 Å². The molecule has 1 saturated heterocycles. The smallest absolute Gasteiger partial charge is 0.230 e. The van der Waals surface area contributed by atoms with Crippen molar-refractivity contribution < 1.29 is 9.21 Å². The summed E-state index contributed by atoms with van der Waals surface area (Å²) in [4.78, 5) is 25.2. The summed E-state index contributed by atoms with van der Waals surface area (Å²) in [5.41, 5.74) is 0. The molecule has 2 aromatic heterocycles. The van der Waals surface area contributed by atoms with Gasteiger partial charge in [-0.15, -0.1) is 0 Å². The number of rotatable bonds is 6. The molecule has 7 nitrogen and oxygen atoms in total. The van der Waals surface area contributed by atoms with E-state index in [1.807, 2.05) is 6.07 Å². The second-order valence-electron chi connectivity index (χ2n) is 5.77. The molecule has 0 bridgehead atoms. The average Bonchev–Trinajstić information content (AvgIpc) is 3.12. The minimum absolute atomic E-state index is 0.105. The van der Waals surface area contributed by atoms with Gasteiger partial charge in [0.25, 0.3) is 0 Å². The molecule has 0 radical (unpaired) electrons. The second kappa shape index (κ2) is 8.55. The topological polar surface area (TPSA) is 74.5 Å². The summed E-state index contributed by atoms with van der Waals surface area (Å²) in [6.07, 6.45) is 1.58. The highest BCUT2D eigenvalue weighted by atomic mass is 35.5. The van der Waals surface area contributed by atoms with Crippen LogP contribution in [0.15, 0.2) is 34.0 Å². The van der Waals surface area contributed by atoms with Crippen molar-refractivity contribution in [2.45, 2.75) is 11.7 Å². The Morgan fingerprint density at radius 1 is 1.36 bits per heavy atom. The summed E-state index contributed by atoms with van der Waals surface area (Å²) in [6.45, 7) is 4.14. The number of nitrogens with zero attached hydrogens (tertiary/aromatic N) is 4. The minimum atomic E-state index is -0.105. The van der Waals surface area contributed by atoms with Gasteiger partial charge in [-0.3, -0.25) is 4.79 Å². The monoisotopic (exact) mass is 381 g/mol. The van der Waals surface area contributed by atoms with Crippen LogP contribution in [-0.4, -0.2) is 59.8 Å². The van der Waals surface area contributed by atoms with Gasteiger partial charge in [0.1, 0.15) is 16.7 Å². The Balaban J connectivity index is 1.54. The zero-order valence-electron chi connectivity index (χ0n) is 13.9. The molecule has 1 amide bonds. The molecule has 134 valence electrons. The Hall–Kier alpha value is -1.77. The third kappa shape index (κ3) is 5.35. The molecule has 1 fully saturated rings. The maximum Gasteiger partial charge on any atom is 0.230 e. The summed E-state index contributed by atoms with van der Waals surface area (Å²) in [5, 5.41) is 3.69. The fourth-order valence-electron chi connectivity index (χ4n) is 2.43. The molecule has 0 aliphatic carbocycles. The van der Waals surface area contributed by atoms with Crippen molar-refractivity contribution in [1.29, 1.82) is 0 Å². The lowest BCUT2D eigenvalue weighted by atomic mass is 10.3. The first kappa shape index (κ1) is 18.0. The van der Waals surface area contributed by atoms with Gasteiger partial charge in [0.2, 0.25) is 5.91 Å². The third-order valence-electron chi connectivity index (χ3n) is 3.86. The number of likely N-dealkylation sites (N-methyl/N-ethyl adjacent to an activating group) is 1. The maximum absolute atomic E-state index is 11.9. The highest BCUT2D eigenvalue weighted by molar-refractivity contribution is 7.99. The predicted molar refractivity (Wildman–Crippen MR) is 98.0 cm³/mol. The number of hydrogen-bond donors (Lipinski definition) is 1. The largest absolute Gasteiger partial charge is 0.467 e. The lowest BCUT2D eigenvalue weighted by Crippen LogP contribution is -2.44. The first-order chi connectivity index (χ1) is 12.1. The van der Waals surface area contributed by atoms with Gasteiger partial charge in [0.15, 0.2) is 5.16 Å². The van der Waals surface area contributed by atoms with Crippen LogP contribution in [0.5, 0.6) is 0 Å². The van der Waals surface area contributed by atoms with E-state index in [0.29, 0.717) is 16.9 Å². The van der Waals surface area contributed by atoms with Crippen molar-refractivity contribution in [2.24, 2.45) is 0 Å². The van der Waals surface area contributed by atoms with Gasteiger partial charge in [-0.1, -0.05) is 23.4 Å². The van der Waals surface area contributed by atoms with Crippen LogP contribution in [0.1, 0.15) is 5.76 Å². The quantitative estimate of drug-likeness (QED) is 0.465. The number of aromatic nitrogens is 2. The predicted octanol–water partition coefficient (Wildman–Crippen LogP) is 1.88. The van der Waals surface area contributed by atoms with E-state index < -0.39 is 0 Å². The molecule has 1 aliphatic heterocycles. The summed E-state index contributed by atoms with van der Waals surface area (Å²) >= 11 is 7.40. The number of thioether (sulfide) groups is 1. The molecule has 1 N–H and O–H groups in total. The summed E-state index contributed by atoms with van der Waals surface area (Å²) in [7, 11) is 2.10. The number of nitrogens with one attached hydrogen (secondary N) is 1. The van der Waals surface area contributed by atoms with Crippen molar-refractivity contribution in [1.82, 2.24) is 20.2 Å². The number of hydrogen-bond acceptors (Lipinski definition) is 7. The Bertz CT molecular complexity index is 705. The molecule has 0 aromatic carbocycles. The van der Waals surface area contributed by atoms with Gasteiger partial charge in [-0.25, -0.2) is 9.97 Å². The highest BCUT2D eigenvalue weighted by Crippen LogP contribution is 2.22. The van der Waals surface area contributed by atoms with E-state index in [1.54, 1.807) is 18.4 Å². The molecule has 3 rings (SSSR count).